The molecule has 1 N–H and O–H groups in total. The molecular formula is C17H18Cl2FNO. The average Bonchev–Trinajstić information content (AvgIpc) is 3.30. The molecule has 0 amide bonds. The molecule has 1 aliphatic carbocycles. The highest BCUT2D eigenvalue weighted by molar-refractivity contribution is 6.30. The maximum Gasteiger partial charge on any atom is 0.129 e. The van der Waals surface area contributed by atoms with Crippen molar-refractivity contribution in [1.82, 2.24) is 5.32 Å². The Bertz CT molecular complexity index is 632. The van der Waals surface area contributed by atoms with Crippen molar-refractivity contribution in [3.05, 3.63) is 64.4 Å². The molecular weight excluding hydrogens is 324 g/mol. The second kappa shape index (κ2) is 7.82. The van der Waals surface area contributed by atoms with Gasteiger partial charge in [0, 0.05) is 28.7 Å². The van der Waals surface area contributed by atoms with Crippen LogP contribution in [0.25, 0.3) is 0 Å². The van der Waals surface area contributed by atoms with Gasteiger partial charge in [-0.15, -0.1) is 12.4 Å². The number of nitrogens with one attached hydrogen (secondary N) is 1. The van der Waals surface area contributed by atoms with Crippen molar-refractivity contribution in [1.29, 1.82) is 0 Å². The zero-order valence-electron chi connectivity index (χ0n) is 12.0. The van der Waals surface area contributed by atoms with Crippen molar-refractivity contribution in [2.24, 2.45) is 0 Å². The van der Waals surface area contributed by atoms with Gasteiger partial charge in [0.2, 0.25) is 0 Å². The van der Waals surface area contributed by atoms with E-state index in [2.05, 4.69) is 5.32 Å². The highest BCUT2D eigenvalue weighted by Gasteiger charge is 2.20. The van der Waals surface area contributed by atoms with Gasteiger partial charge in [0.05, 0.1) is 0 Å². The van der Waals surface area contributed by atoms with E-state index in [1.54, 1.807) is 24.3 Å². The van der Waals surface area contributed by atoms with E-state index in [0.29, 0.717) is 16.6 Å². The summed E-state index contributed by atoms with van der Waals surface area (Å²) in [4.78, 5) is 0. The fourth-order valence-corrected chi connectivity index (χ4v) is 2.33. The van der Waals surface area contributed by atoms with Gasteiger partial charge in [0.1, 0.15) is 18.2 Å². The van der Waals surface area contributed by atoms with Crippen LogP contribution in [0.5, 0.6) is 5.75 Å². The van der Waals surface area contributed by atoms with Gasteiger partial charge in [0.25, 0.3) is 0 Å². The third-order valence-corrected chi connectivity index (χ3v) is 3.76. The number of rotatable bonds is 6. The summed E-state index contributed by atoms with van der Waals surface area (Å²) in [6.45, 7) is 0.933. The summed E-state index contributed by atoms with van der Waals surface area (Å²) in [5.74, 6) is 0.500. The molecule has 0 bridgehead atoms. The van der Waals surface area contributed by atoms with Crippen LogP contribution in [0.3, 0.4) is 0 Å². The quantitative estimate of drug-likeness (QED) is 0.819. The van der Waals surface area contributed by atoms with Crippen LogP contribution in [-0.2, 0) is 13.2 Å². The predicted octanol–water partition coefficient (Wildman–Crippen LogP) is 4.73. The number of hydrogen-bond donors (Lipinski definition) is 1. The minimum absolute atomic E-state index is 0. The monoisotopic (exact) mass is 341 g/mol. The van der Waals surface area contributed by atoms with Gasteiger partial charge in [-0.05, 0) is 37.1 Å². The Morgan fingerprint density at radius 2 is 1.91 bits per heavy atom. The fourth-order valence-electron chi connectivity index (χ4n) is 2.14. The van der Waals surface area contributed by atoms with E-state index < -0.39 is 0 Å². The first-order valence-electron chi connectivity index (χ1n) is 7.10. The van der Waals surface area contributed by atoms with Crippen molar-refractivity contribution in [2.75, 3.05) is 0 Å². The Hall–Kier alpha value is -1.29. The normalized spacial score (nSPS) is 13.5. The lowest BCUT2D eigenvalue weighted by Gasteiger charge is -2.13. The second-order valence-electron chi connectivity index (χ2n) is 5.29. The first-order chi connectivity index (χ1) is 10.2. The Balaban J connectivity index is 0.00000176. The van der Waals surface area contributed by atoms with E-state index in [-0.39, 0.29) is 24.8 Å². The van der Waals surface area contributed by atoms with Gasteiger partial charge in [-0.1, -0.05) is 29.8 Å². The van der Waals surface area contributed by atoms with Gasteiger partial charge in [-0.25, -0.2) is 4.39 Å². The lowest BCUT2D eigenvalue weighted by molar-refractivity contribution is 0.296. The second-order valence-corrected chi connectivity index (χ2v) is 5.72. The van der Waals surface area contributed by atoms with Gasteiger partial charge in [-0.2, -0.15) is 0 Å². The minimum atomic E-state index is -0.246. The number of ether oxygens (including phenoxy) is 1. The standard InChI is InChI=1S/C17H17ClFNO.ClH/c18-14-5-8-17(13(9-14)10-20-15-6-7-15)21-11-12-3-1-2-4-16(12)19;/h1-5,8-9,15,20H,6-7,10-11H2;1H. The maximum atomic E-state index is 13.6. The molecule has 1 fully saturated rings. The first-order valence-corrected chi connectivity index (χ1v) is 7.48. The Morgan fingerprint density at radius 3 is 2.64 bits per heavy atom. The van der Waals surface area contributed by atoms with Crippen LogP contribution < -0.4 is 10.1 Å². The summed E-state index contributed by atoms with van der Waals surface area (Å²) in [6.07, 6.45) is 2.46. The molecule has 0 heterocycles. The molecule has 2 aromatic carbocycles. The Morgan fingerprint density at radius 1 is 1.14 bits per heavy atom. The van der Waals surface area contributed by atoms with Crippen LogP contribution in [-0.4, -0.2) is 6.04 Å². The first kappa shape index (κ1) is 17.1. The molecule has 0 aromatic heterocycles. The highest BCUT2D eigenvalue weighted by Crippen LogP contribution is 2.26. The third kappa shape index (κ3) is 4.60. The van der Waals surface area contributed by atoms with E-state index >= 15 is 0 Å². The summed E-state index contributed by atoms with van der Waals surface area (Å²) >= 11 is 6.05. The van der Waals surface area contributed by atoms with Crippen molar-refractivity contribution < 1.29 is 9.13 Å². The molecule has 1 saturated carbocycles. The Labute approximate surface area is 141 Å². The largest absolute Gasteiger partial charge is 0.488 e. The molecule has 1 aliphatic rings. The molecule has 118 valence electrons. The van der Waals surface area contributed by atoms with E-state index in [1.807, 2.05) is 12.1 Å². The molecule has 3 rings (SSSR count). The van der Waals surface area contributed by atoms with E-state index in [4.69, 9.17) is 16.3 Å². The lowest BCUT2D eigenvalue weighted by Crippen LogP contribution is -2.16. The topological polar surface area (TPSA) is 21.3 Å². The SMILES string of the molecule is Cl.Fc1ccccc1COc1ccc(Cl)cc1CNC1CC1. The number of benzene rings is 2. The van der Waals surface area contributed by atoms with Crippen LogP contribution >= 0.6 is 24.0 Å². The van der Waals surface area contributed by atoms with Crippen LogP contribution in [0.2, 0.25) is 5.02 Å². The van der Waals surface area contributed by atoms with Gasteiger partial charge >= 0.3 is 0 Å². The van der Waals surface area contributed by atoms with E-state index in [0.717, 1.165) is 17.9 Å². The van der Waals surface area contributed by atoms with Crippen LogP contribution in [0.1, 0.15) is 24.0 Å². The summed E-state index contributed by atoms with van der Waals surface area (Å²) < 4.78 is 19.4. The van der Waals surface area contributed by atoms with Crippen molar-refractivity contribution in [3.63, 3.8) is 0 Å². The Kier molecular flexibility index (Phi) is 6.07. The summed E-state index contributed by atoms with van der Waals surface area (Å²) in [5.41, 5.74) is 1.55. The van der Waals surface area contributed by atoms with Crippen LogP contribution in [0, 0.1) is 5.82 Å². The van der Waals surface area contributed by atoms with Crippen molar-refractivity contribution in [2.45, 2.75) is 32.0 Å². The highest BCUT2D eigenvalue weighted by atomic mass is 35.5. The summed E-state index contributed by atoms with van der Waals surface area (Å²) in [6, 6.07) is 12.8. The summed E-state index contributed by atoms with van der Waals surface area (Å²) in [7, 11) is 0. The van der Waals surface area contributed by atoms with Gasteiger partial charge < -0.3 is 10.1 Å². The third-order valence-electron chi connectivity index (χ3n) is 3.52. The average molecular weight is 342 g/mol. The predicted molar refractivity (Wildman–Crippen MR) is 89.3 cm³/mol. The lowest BCUT2D eigenvalue weighted by atomic mass is 10.2. The van der Waals surface area contributed by atoms with Gasteiger partial charge in [-0.3, -0.25) is 0 Å². The molecule has 2 nitrogen and oxygen atoms in total. The minimum Gasteiger partial charge on any atom is -0.488 e. The fraction of sp³-hybridized carbons (Fsp3) is 0.294. The smallest absolute Gasteiger partial charge is 0.129 e. The number of hydrogen-bond acceptors (Lipinski definition) is 2. The van der Waals surface area contributed by atoms with E-state index in [1.165, 1.54) is 18.9 Å². The van der Waals surface area contributed by atoms with Crippen LogP contribution in [0.4, 0.5) is 4.39 Å². The molecule has 0 saturated heterocycles. The molecule has 0 atom stereocenters. The molecule has 0 aliphatic heterocycles. The van der Waals surface area contributed by atoms with Crippen molar-refractivity contribution >= 4 is 24.0 Å². The number of halogens is 3. The zero-order valence-corrected chi connectivity index (χ0v) is 13.6. The molecule has 0 spiro atoms. The molecule has 0 unspecified atom stereocenters. The van der Waals surface area contributed by atoms with Crippen LogP contribution in [0.15, 0.2) is 42.5 Å². The molecule has 5 heteroatoms. The van der Waals surface area contributed by atoms with Gasteiger partial charge in [0.15, 0.2) is 0 Å². The summed E-state index contributed by atoms with van der Waals surface area (Å²) in [5, 5.41) is 4.12. The zero-order chi connectivity index (χ0) is 14.7. The molecule has 2 aromatic rings. The molecule has 22 heavy (non-hydrogen) atoms. The molecule has 0 radical (unpaired) electrons. The van der Waals surface area contributed by atoms with Crippen molar-refractivity contribution in [3.8, 4) is 5.75 Å². The maximum absolute atomic E-state index is 13.6. The van der Waals surface area contributed by atoms with E-state index in [9.17, 15) is 4.39 Å².